The first-order valence-electron chi connectivity index (χ1n) is 8.91. The van der Waals surface area contributed by atoms with Gasteiger partial charge in [-0.05, 0) is 42.0 Å². The molecule has 0 radical (unpaired) electrons. The Balaban J connectivity index is 1.68. The first kappa shape index (κ1) is 19.6. The van der Waals surface area contributed by atoms with E-state index < -0.39 is 28.5 Å². The van der Waals surface area contributed by atoms with Crippen LogP contribution in [-0.4, -0.2) is 28.5 Å². The third-order valence-electron chi connectivity index (χ3n) is 4.83. The lowest BCUT2D eigenvalue weighted by atomic mass is 9.99. The number of carbonyl (C=O) groups is 4. The van der Waals surface area contributed by atoms with Crippen LogP contribution in [0, 0.1) is 10.1 Å². The van der Waals surface area contributed by atoms with Gasteiger partial charge >= 0.3 is 0 Å². The van der Waals surface area contributed by atoms with Crippen molar-refractivity contribution < 1.29 is 29.2 Å². The van der Waals surface area contributed by atoms with E-state index in [4.69, 9.17) is 0 Å². The van der Waals surface area contributed by atoms with E-state index in [2.05, 4.69) is 0 Å². The van der Waals surface area contributed by atoms with Gasteiger partial charge in [0.2, 0.25) is 0 Å². The number of ketones is 1. The SMILES string of the molecule is O=C([O-])c1cccc(N2C(=O)c3ccc(C(=O)c4ccc([N+](=O)[O-])cc4)cc3C2=O)c1. The summed E-state index contributed by atoms with van der Waals surface area (Å²) in [5, 5.41) is 21.9. The topological polar surface area (TPSA) is 138 Å². The van der Waals surface area contributed by atoms with Crippen molar-refractivity contribution in [3.05, 3.63) is 105 Å². The smallest absolute Gasteiger partial charge is 0.269 e. The molecule has 0 bridgehead atoms. The van der Waals surface area contributed by atoms with Crippen LogP contribution < -0.4 is 10.0 Å². The standard InChI is InChI=1S/C22H12N2O7/c25-19(12-4-7-15(8-5-12)24(30)31)13-6-9-17-18(11-13)21(27)23(20(17)26)16-3-1-2-14(10-16)22(28)29/h1-11H,(H,28,29)/p-1. The first-order valence-corrected chi connectivity index (χ1v) is 8.91. The normalized spacial score (nSPS) is 12.6. The molecule has 3 aromatic carbocycles. The number of nitro benzene ring substituents is 1. The van der Waals surface area contributed by atoms with E-state index in [9.17, 15) is 34.4 Å². The largest absolute Gasteiger partial charge is 0.545 e. The number of hydrogen-bond donors (Lipinski definition) is 0. The van der Waals surface area contributed by atoms with Crippen LogP contribution in [0.15, 0.2) is 66.7 Å². The average molecular weight is 415 g/mol. The number of amides is 2. The number of rotatable bonds is 5. The van der Waals surface area contributed by atoms with E-state index in [1.54, 1.807) is 0 Å². The van der Waals surface area contributed by atoms with E-state index >= 15 is 0 Å². The van der Waals surface area contributed by atoms with E-state index in [1.165, 1.54) is 60.7 Å². The molecule has 9 nitrogen and oxygen atoms in total. The Kier molecular flexibility index (Phi) is 4.63. The summed E-state index contributed by atoms with van der Waals surface area (Å²) >= 11 is 0. The number of benzene rings is 3. The predicted molar refractivity (Wildman–Crippen MR) is 105 cm³/mol. The highest BCUT2D eigenvalue weighted by atomic mass is 16.6. The highest BCUT2D eigenvalue weighted by Crippen LogP contribution is 2.30. The summed E-state index contributed by atoms with van der Waals surface area (Å²) in [4.78, 5) is 60.4. The third kappa shape index (κ3) is 3.33. The van der Waals surface area contributed by atoms with Crippen molar-refractivity contribution in [3.63, 3.8) is 0 Å². The Morgan fingerprint density at radius 3 is 2.06 bits per heavy atom. The molecule has 3 aromatic rings. The summed E-state index contributed by atoms with van der Waals surface area (Å²) < 4.78 is 0. The Bertz CT molecular complexity index is 1300. The summed E-state index contributed by atoms with van der Waals surface area (Å²) in [6.07, 6.45) is 0. The lowest BCUT2D eigenvalue weighted by molar-refractivity contribution is -0.384. The van der Waals surface area contributed by atoms with Crippen LogP contribution in [0.25, 0.3) is 0 Å². The number of imide groups is 1. The van der Waals surface area contributed by atoms with Gasteiger partial charge in [-0.15, -0.1) is 0 Å². The lowest BCUT2D eigenvalue weighted by Gasteiger charge is -2.15. The van der Waals surface area contributed by atoms with Crippen molar-refractivity contribution in [1.82, 2.24) is 0 Å². The minimum atomic E-state index is -1.45. The van der Waals surface area contributed by atoms with Crippen LogP contribution in [0.4, 0.5) is 11.4 Å². The van der Waals surface area contributed by atoms with Gasteiger partial charge in [0.1, 0.15) is 0 Å². The second kappa shape index (κ2) is 7.30. The minimum Gasteiger partial charge on any atom is -0.545 e. The fourth-order valence-electron chi connectivity index (χ4n) is 3.29. The molecule has 2 amide bonds. The summed E-state index contributed by atoms with van der Waals surface area (Å²) in [6.45, 7) is 0. The molecular weight excluding hydrogens is 404 g/mol. The van der Waals surface area contributed by atoms with Gasteiger partial charge in [0.25, 0.3) is 17.5 Å². The van der Waals surface area contributed by atoms with Gasteiger partial charge in [-0.1, -0.05) is 18.2 Å². The molecule has 0 atom stereocenters. The average Bonchev–Trinajstić information content (AvgIpc) is 3.03. The molecule has 0 N–H and O–H groups in total. The van der Waals surface area contributed by atoms with Gasteiger partial charge in [0.05, 0.1) is 27.7 Å². The van der Waals surface area contributed by atoms with E-state index in [0.717, 1.165) is 11.0 Å². The minimum absolute atomic E-state index is 0.00313. The fraction of sp³-hybridized carbons (Fsp3) is 0. The van der Waals surface area contributed by atoms with Crippen LogP contribution in [0.2, 0.25) is 0 Å². The number of fused-ring (bicyclic) bond motifs is 1. The monoisotopic (exact) mass is 415 g/mol. The number of aromatic carboxylic acids is 1. The molecular formula is C22H11N2O7-. The van der Waals surface area contributed by atoms with E-state index in [1.807, 2.05) is 0 Å². The Hall–Kier alpha value is -4.66. The van der Waals surface area contributed by atoms with Crippen molar-refractivity contribution in [3.8, 4) is 0 Å². The van der Waals surface area contributed by atoms with Crippen molar-refractivity contribution in [2.45, 2.75) is 0 Å². The second-order valence-corrected chi connectivity index (χ2v) is 6.68. The summed E-state index contributed by atoms with van der Waals surface area (Å²) in [7, 11) is 0. The molecule has 1 heterocycles. The molecule has 9 heteroatoms. The highest BCUT2D eigenvalue weighted by Gasteiger charge is 2.37. The van der Waals surface area contributed by atoms with E-state index in [0.29, 0.717) is 0 Å². The number of nitrogens with zero attached hydrogens (tertiary/aromatic N) is 2. The van der Waals surface area contributed by atoms with Gasteiger partial charge in [0, 0.05) is 23.3 Å². The number of non-ortho nitro benzene ring substituents is 1. The zero-order chi connectivity index (χ0) is 22.3. The van der Waals surface area contributed by atoms with Crippen molar-refractivity contribution in [1.29, 1.82) is 0 Å². The maximum absolute atomic E-state index is 12.9. The summed E-state index contributed by atoms with van der Waals surface area (Å²) in [5.41, 5.74) is 0.0839. The Morgan fingerprint density at radius 2 is 1.42 bits per heavy atom. The molecule has 1 aliphatic heterocycles. The zero-order valence-corrected chi connectivity index (χ0v) is 15.6. The quantitative estimate of drug-likeness (QED) is 0.269. The molecule has 0 spiro atoms. The molecule has 0 unspecified atom stereocenters. The Labute approximate surface area is 174 Å². The van der Waals surface area contributed by atoms with Gasteiger partial charge in [0.15, 0.2) is 5.78 Å². The van der Waals surface area contributed by atoms with Crippen LogP contribution in [0.5, 0.6) is 0 Å². The molecule has 152 valence electrons. The highest BCUT2D eigenvalue weighted by molar-refractivity contribution is 6.35. The predicted octanol–water partition coefficient (Wildman–Crippen LogP) is 1.99. The molecule has 0 aliphatic carbocycles. The van der Waals surface area contributed by atoms with Crippen molar-refractivity contribution >= 4 is 34.9 Å². The summed E-state index contributed by atoms with van der Waals surface area (Å²) in [5.74, 6) is -3.27. The summed E-state index contributed by atoms with van der Waals surface area (Å²) in [6, 6.07) is 14.2. The number of carbonyl (C=O) groups excluding carboxylic acids is 4. The number of carboxylic acids is 1. The molecule has 0 aromatic heterocycles. The maximum Gasteiger partial charge on any atom is 0.269 e. The first-order chi connectivity index (χ1) is 14.8. The molecule has 31 heavy (non-hydrogen) atoms. The molecule has 1 aliphatic rings. The fourth-order valence-corrected chi connectivity index (χ4v) is 3.29. The number of carboxylic acid groups (broad SMARTS) is 1. The Morgan fingerprint density at radius 1 is 0.774 bits per heavy atom. The molecule has 0 saturated carbocycles. The van der Waals surface area contributed by atoms with Gasteiger partial charge in [-0.3, -0.25) is 24.5 Å². The molecule has 0 fully saturated rings. The van der Waals surface area contributed by atoms with Crippen LogP contribution in [0.1, 0.15) is 47.0 Å². The van der Waals surface area contributed by atoms with Crippen LogP contribution in [-0.2, 0) is 0 Å². The molecule has 4 rings (SSSR count). The van der Waals surface area contributed by atoms with Crippen molar-refractivity contribution in [2.75, 3.05) is 4.90 Å². The molecule has 0 saturated heterocycles. The maximum atomic E-state index is 12.9. The second-order valence-electron chi connectivity index (χ2n) is 6.68. The van der Waals surface area contributed by atoms with Crippen LogP contribution >= 0.6 is 0 Å². The van der Waals surface area contributed by atoms with Crippen LogP contribution in [0.3, 0.4) is 0 Å². The number of anilines is 1. The number of hydrogen-bond acceptors (Lipinski definition) is 7. The van der Waals surface area contributed by atoms with Gasteiger partial charge in [-0.25, -0.2) is 4.90 Å². The van der Waals surface area contributed by atoms with Crippen molar-refractivity contribution in [2.24, 2.45) is 0 Å². The van der Waals surface area contributed by atoms with E-state index in [-0.39, 0.29) is 39.2 Å². The zero-order valence-electron chi connectivity index (χ0n) is 15.6. The number of nitro groups is 1. The lowest BCUT2D eigenvalue weighted by Crippen LogP contribution is -2.30. The van der Waals surface area contributed by atoms with Gasteiger partial charge < -0.3 is 9.90 Å². The van der Waals surface area contributed by atoms with Gasteiger partial charge in [-0.2, -0.15) is 0 Å². The third-order valence-corrected chi connectivity index (χ3v) is 4.83.